The molecule has 0 spiro atoms. The van der Waals surface area contributed by atoms with E-state index in [9.17, 15) is 9.59 Å². The zero-order valence-corrected chi connectivity index (χ0v) is 15.4. The molecule has 2 bridgehead atoms. The molecule has 3 atom stereocenters. The monoisotopic (exact) mass is 357 g/mol. The number of hydrogen-bond acceptors (Lipinski definition) is 4. The van der Waals surface area contributed by atoms with Crippen LogP contribution in [-0.2, 0) is 20.9 Å². The summed E-state index contributed by atoms with van der Waals surface area (Å²) in [5.41, 5.74) is 1.06. The van der Waals surface area contributed by atoms with Gasteiger partial charge in [-0.15, -0.1) is 0 Å². The van der Waals surface area contributed by atoms with Crippen LogP contribution in [0.1, 0.15) is 44.1 Å². The number of ether oxygens (including phenoxy) is 2. The summed E-state index contributed by atoms with van der Waals surface area (Å²) in [5, 5.41) is 0. The second kappa shape index (κ2) is 7.29. The maximum absolute atomic E-state index is 12.7. The van der Waals surface area contributed by atoms with Crippen LogP contribution in [0.15, 0.2) is 24.3 Å². The normalized spacial score (nSPS) is 26.6. The van der Waals surface area contributed by atoms with Crippen molar-refractivity contribution in [2.45, 2.75) is 51.1 Å². The molecular weight excluding hydrogens is 330 g/mol. The fraction of sp³-hybridized carbons (Fsp3) is 0.619. The Morgan fingerprint density at radius 3 is 2.42 bits per heavy atom. The number of amides is 1. The van der Waals surface area contributed by atoms with Crippen LogP contribution in [0.4, 0.5) is 0 Å². The van der Waals surface area contributed by atoms with Crippen LogP contribution >= 0.6 is 0 Å². The van der Waals surface area contributed by atoms with E-state index >= 15 is 0 Å². The van der Waals surface area contributed by atoms with E-state index in [4.69, 9.17) is 9.47 Å². The average Bonchev–Trinajstić information content (AvgIpc) is 3.28. The molecule has 1 amide bonds. The highest BCUT2D eigenvalue weighted by atomic mass is 16.5. The third-order valence-corrected chi connectivity index (χ3v) is 6.20. The average molecular weight is 357 g/mol. The summed E-state index contributed by atoms with van der Waals surface area (Å²) in [6.07, 6.45) is 6.58. The molecule has 1 aromatic carbocycles. The standard InChI is InChI=1S/C21H27NO4/c1-25-18-8-3-14(4-9-18)12-22(17-6-7-17)20(23)13-26-21(24)19-11-15-2-5-16(19)10-15/h3-4,8-9,15-17,19H,2,5-7,10-13H2,1H3/t15-,16-,19-/m0/s1. The van der Waals surface area contributed by atoms with E-state index in [1.807, 2.05) is 29.2 Å². The lowest BCUT2D eigenvalue weighted by molar-refractivity contribution is -0.157. The summed E-state index contributed by atoms with van der Waals surface area (Å²) in [6.45, 7) is 0.429. The van der Waals surface area contributed by atoms with Gasteiger partial charge in [-0.1, -0.05) is 18.6 Å². The Bertz CT molecular complexity index is 667. The SMILES string of the molecule is COc1ccc(CN(C(=O)COC(=O)[C@H]2C[C@H]3CC[C@H]2C3)C2CC2)cc1. The number of benzene rings is 1. The van der Waals surface area contributed by atoms with Gasteiger partial charge in [0.05, 0.1) is 13.0 Å². The molecule has 140 valence electrons. The number of methoxy groups -OCH3 is 1. The quantitative estimate of drug-likeness (QED) is 0.704. The minimum Gasteiger partial charge on any atom is -0.497 e. The number of hydrogen-bond donors (Lipinski definition) is 0. The summed E-state index contributed by atoms with van der Waals surface area (Å²) >= 11 is 0. The summed E-state index contributed by atoms with van der Waals surface area (Å²) in [5.74, 6) is 1.77. The Labute approximate surface area is 154 Å². The fourth-order valence-corrected chi connectivity index (χ4v) is 4.59. The van der Waals surface area contributed by atoms with E-state index in [1.54, 1.807) is 7.11 Å². The number of carbonyl (C=O) groups is 2. The third-order valence-electron chi connectivity index (χ3n) is 6.20. The first-order valence-electron chi connectivity index (χ1n) is 9.73. The summed E-state index contributed by atoms with van der Waals surface area (Å²) in [7, 11) is 1.64. The molecule has 5 nitrogen and oxygen atoms in total. The molecule has 0 saturated heterocycles. The molecule has 0 N–H and O–H groups in total. The van der Waals surface area contributed by atoms with Crippen molar-refractivity contribution in [2.24, 2.45) is 17.8 Å². The maximum Gasteiger partial charge on any atom is 0.309 e. The van der Waals surface area contributed by atoms with Gasteiger partial charge >= 0.3 is 5.97 Å². The van der Waals surface area contributed by atoms with Crippen molar-refractivity contribution < 1.29 is 19.1 Å². The topological polar surface area (TPSA) is 55.8 Å². The Morgan fingerprint density at radius 2 is 1.85 bits per heavy atom. The molecule has 0 unspecified atom stereocenters. The van der Waals surface area contributed by atoms with Gasteiger partial charge in [-0.25, -0.2) is 0 Å². The van der Waals surface area contributed by atoms with Gasteiger partial charge in [0.15, 0.2) is 6.61 Å². The molecule has 3 fully saturated rings. The summed E-state index contributed by atoms with van der Waals surface area (Å²) < 4.78 is 10.6. The smallest absolute Gasteiger partial charge is 0.309 e. The highest BCUT2D eigenvalue weighted by Crippen LogP contribution is 2.48. The maximum atomic E-state index is 12.7. The van der Waals surface area contributed by atoms with Gasteiger partial charge in [0.2, 0.25) is 0 Å². The Balaban J connectivity index is 1.31. The summed E-state index contributed by atoms with van der Waals surface area (Å²) in [4.78, 5) is 26.9. The highest BCUT2D eigenvalue weighted by molar-refractivity contribution is 5.82. The number of fused-ring (bicyclic) bond motifs is 2. The van der Waals surface area contributed by atoms with E-state index in [-0.39, 0.29) is 30.4 Å². The van der Waals surface area contributed by atoms with Gasteiger partial charge in [0.25, 0.3) is 5.91 Å². The van der Waals surface area contributed by atoms with Crippen LogP contribution in [-0.4, -0.2) is 36.5 Å². The number of esters is 1. The molecule has 3 saturated carbocycles. The fourth-order valence-electron chi connectivity index (χ4n) is 4.59. The van der Waals surface area contributed by atoms with Crippen LogP contribution in [0.3, 0.4) is 0 Å². The van der Waals surface area contributed by atoms with E-state index in [0.717, 1.165) is 37.0 Å². The first-order valence-corrected chi connectivity index (χ1v) is 9.73. The lowest BCUT2D eigenvalue weighted by atomic mass is 9.89. The minimum absolute atomic E-state index is 0.0255. The molecule has 26 heavy (non-hydrogen) atoms. The van der Waals surface area contributed by atoms with Gasteiger partial charge < -0.3 is 14.4 Å². The van der Waals surface area contributed by atoms with Crippen LogP contribution in [0, 0.1) is 17.8 Å². The second-order valence-electron chi connectivity index (χ2n) is 7.99. The Kier molecular flexibility index (Phi) is 4.88. The molecule has 0 heterocycles. The predicted molar refractivity (Wildman–Crippen MR) is 96.5 cm³/mol. The van der Waals surface area contributed by atoms with Gasteiger partial charge in [-0.2, -0.15) is 0 Å². The van der Waals surface area contributed by atoms with Crippen molar-refractivity contribution in [3.05, 3.63) is 29.8 Å². The first-order chi connectivity index (χ1) is 12.6. The molecule has 3 aliphatic rings. The lowest BCUT2D eigenvalue weighted by Gasteiger charge is -2.24. The van der Waals surface area contributed by atoms with Crippen LogP contribution in [0.25, 0.3) is 0 Å². The minimum atomic E-state index is -0.161. The van der Waals surface area contributed by atoms with E-state index in [1.165, 1.54) is 12.8 Å². The molecule has 0 aromatic heterocycles. The number of nitrogens with zero attached hydrogens (tertiary/aromatic N) is 1. The molecular formula is C21H27NO4. The van der Waals surface area contributed by atoms with Crippen LogP contribution < -0.4 is 4.74 Å². The van der Waals surface area contributed by atoms with Crippen molar-refractivity contribution in [1.29, 1.82) is 0 Å². The van der Waals surface area contributed by atoms with Gasteiger partial charge in [-0.05, 0) is 61.6 Å². The largest absolute Gasteiger partial charge is 0.497 e. The molecule has 0 radical (unpaired) electrons. The molecule has 0 aliphatic heterocycles. The zero-order valence-electron chi connectivity index (χ0n) is 15.4. The predicted octanol–water partition coefficient (Wildman–Crippen LogP) is 3.17. The van der Waals surface area contributed by atoms with E-state index < -0.39 is 0 Å². The van der Waals surface area contributed by atoms with Gasteiger partial charge in [0, 0.05) is 12.6 Å². The van der Waals surface area contributed by atoms with E-state index in [0.29, 0.717) is 18.4 Å². The first kappa shape index (κ1) is 17.4. The van der Waals surface area contributed by atoms with Crippen molar-refractivity contribution in [1.82, 2.24) is 4.90 Å². The zero-order chi connectivity index (χ0) is 18.1. The van der Waals surface area contributed by atoms with Gasteiger partial charge in [-0.3, -0.25) is 9.59 Å². The Hall–Kier alpha value is -2.04. The number of rotatable bonds is 7. The number of carbonyl (C=O) groups excluding carboxylic acids is 2. The van der Waals surface area contributed by atoms with Crippen molar-refractivity contribution >= 4 is 11.9 Å². The van der Waals surface area contributed by atoms with Crippen molar-refractivity contribution in [2.75, 3.05) is 13.7 Å². The van der Waals surface area contributed by atoms with Crippen molar-refractivity contribution in [3.8, 4) is 5.75 Å². The lowest BCUT2D eigenvalue weighted by Crippen LogP contribution is -2.37. The molecule has 1 aromatic rings. The van der Waals surface area contributed by atoms with Crippen LogP contribution in [0.2, 0.25) is 0 Å². The molecule has 5 heteroatoms. The van der Waals surface area contributed by atoms with Crippen molar-refractivity contribution in [3.63, 3.8) is 0 Å². The third kappa shape index (κ3) is 3.71. The molecule has 3 aliphatic carbocycles. The molecule has 4 rings (SSSR count). The van der Waals surface area contributed by atoms with E-state index in [2.05, 4.69) is 0 Å². The summed E-state index contributed by atoms with van der Waals surface area (Å²) in [6, 6.07) is 8.04. The highest BCUT2D eigenvalue weighted by Gasteiger charge is 2.44. The second-order valence-corrected chi connectivity index (χ2v) is 7.99. The van der Waals surface area contributed by atoms with Crippen LogP contribution in [0.5, 0.6) is 5.75 Å². The Morgan fingerprint density at radius 1 is 1.08 bits per heavy atom. The van der Waals surface area contributed by atoms with Gasteiger partial charge in [0.1, 0.15) is 5.75 Å².